The zero-order valence-corrected chi connectivity index (χ0v) is 18.6. The van der Waals surface area contributed by atoms with Crippen LogP contribution in [0.25, 0.3) is 0 Å². The van der Waals surface area contributed by atoms with Gasteiger partial charge in [-0.25, -0.2) is 0 Å². The van der Waals surface area contributed by atoms with Gasteiger partial charge in [0, 0.05) is 12.2 Å². The van der Waals surface area contributed by atoms with E-state index in [-0.39, 0.29) is 25.0 Å². The maximum absolute atomic E-state index is 12.1. The Morgan fingerprint density at radius 1 is 0.935 bits per heavy atom. The van der Waals surface area contributed by atoms with Gasteiger partial charge in [0.05, 0.1) is 6.10 Å². The van der Waals surface area contributed by atoms with Crippen LogP contribution in [0, 0.1) is 0 Å². The third-order valence-corrected chi connectivity index (χ3v) is 4.88. The molecule has 0 aromatic heterocycles. The number of hydrogen-bond acceptors (Lipinski definition) is 8. The second-order valence-corrected chi connectivity index (χ2v) is 7.62. The number of rotatable bonds is 18. The Morgan fingerprint density at radius 2 is 1.61 bits per heavy atom. The van der Waals surface area contributed by atoms with E-state index in [2.05, 4.69) is 35.5 Å². The van der Waals surface area contributed by atoms with E-state index in [0.717, 1.165) is 19.3 Å². The summed E-state index contributed by atoms with van der Waals surface area (Å²) in [5.74, 6) is -3.89. The Bertz CT molecular complexity index is 578. The Hall–Kier alpha value is -1.89. The van der Waals surface area contributed by atoms with Gasteiger partial charge >= 0.3 is 11.9 Å². The van der Waals surface area contributed by atoms with Gasteiger partial charge in [0.25, 0.3) is 0 Å². The first kappa shape index (κ1) is 29.1. The minimum atomic E-state index is -1.25. The number of unbranched alkanes of at least 4 members (excludes halogenated alkanes) is 2. The molecule has 11 nitrogen and oxygen atoms in total. The Labute approximate surface area is 187 Å². The number of thiol groups is 1. The number of carbonyl (C=O) groups excluding carboxylic acids is 2. The minimum Gasteiger partial charge on any atom is -0.480 e. The molecule has 0 saturated carbocycles. The third kappa shape index (κ3) is 14.7. The van der Waals surface area contributed by atoms with Crippen LogP contribution >= 0.6 is 12.6 Å². The lowest BCUT2D eigenvalue weighted by Gasteiger charge is -2.21. The van der Waals surface area contributed by atoms with Crippen LogP contribution in [0.4, 0.5) is 0 Å². The van der Waals surface area contributed by atoms with Gasteiger partial charge in [-0.1, -0.05) is 26.2 Å². The summed E-state index contributed by atoms with van der Waals surface area (Å²) in [5, 5.41) is 44.8. The number of hydrogen-bond donors (Lipinski definition) is 8. The van der Waals surface area contributed by atoms with Crippen LogP contribution < -0.4 is 16.0 Å². The van der Waals surface area contributed by atoms with Crippen LogP contribution in [0.2, 0.25) is 0 Å². The second kappa shape index (κ2) is 16.8. The average molecular weight is 466 g/mol. The molecule has 2 unspecified atom stereocenters. The van der Waals surface area contributed by atoms with Gasteiger partial charge in [0.1, 0.15) is 24.9 Å². The highest BCUT2D eigenvalue weighted by Gasteiger charge is 2.24. The summed E-state index contributed by atoms with van der Waals surface area (Å²) in [6, 6.07) is -2.26. The molecule has 0 radical (unpaired) electrons. The van der Waals surface area contributed by atoms with Crippen LogP contribution in [0.15, 0.2) is 0 Å². The zero-order chi connectivity index (χ0) is 23.8. The van der Waals surface area contributed by atoms with E-state index in [1.165, 1.54) is 0 Å². The number of amides is 2. The SMILES string of the molecule is CCCCCC(O)CCC(O)N[C@@H](CCC(=O)N[C@@H](CS)C(=O)NCC(=O)O)C(=O)O. The van der Waals surface area contributed by atoms with Crippen LogP contribution in [-0.4, -0.2) is 80.9 Å². The lowest BCUT2D eigenvalue weighted by molar-refractivity contribution is -0.141. The highest BCUT2D eigenvalue weighted by atomic mass is 32.1. The first-order valence-corrected chi connectivity index (χ1v) is 11.0. The van der Waals surface area contributed by atoms with Crippen LogP contribution in [0.3, 0.4) is 0 Å². The Morgan fingerprint density at radius 3 is 2.16 bits per heavy atom. The van der Waals surface area contributed by atoms with Crippen LogP contribution in [0.5, 0.6) is 0 Å². The fourth-order valence-corrected chi connectivity index (χ4v) is 3.00. The molecule has 12 heteroatoms. The van der Waals surface area contributed by atoms with Gasteiger partial charge in [-0.3, -0.25) is 24.5 Å². The number of aliphatic carboxylic acids is 2. The second-order valence-electron chi connectivity index (χ2n) is 7.25. The number of carboxylic acids is 2. The summed E-state index contributed by atoms with van der Waals surface area (Å²) < 4.78 is 0. The number of aliphatic hydroxyl groups is 2. The molecule has 2 amide bonds. The fourth-order valence-electron chi connectivity index (χ4n) is 2.74. The van der Waals surface area contributed by atoms with Crippen molar-refractivity contribution in [1.82, 2.24) is 16.0 Å². The van der Waals surface area contributed by atoms with E-state index >= 15 is 0 Å². The number of carbonyl (C=O) groups is 4. The standard InChI is InChI=1S/C19H35N3O8S/c1-2-3-4-5-12(23)6-8-15(24)21-13(19(29)30)7-9-16(25)22-14(11-31)18(28)20-10-17(26)27/h12-15,21,23-24,31H,2-11H2,1H3,(H,20,28)(H,22,25)(H,26,27)(H,29,30)/t12?,13-,14-,15?/m0/s1. The predicted molar refractivity (Wildman–Crippen MR) is 116 cm³/mol. The number of nitrogens with one attached hydrogen (secondary N) is 3. The first-order valence-electron chi connectivity index (χ1n) is 10.3. The van der Waals surface area contributed by atoms with Crippen molar-refractivity contribution in [1.29, 1.82) is 0 Å². The molecule has 180 valence electrons. The van der Waals surface area contributed by atoms with Gasteiger partial charge in [-0.2, -0.15) is 12.6 Å². The van der Waals surface area contributed by atoms with Gasteiger partial charge in [0.15, 0.2) is 0 Å². The monoisotopic (exact) mass is 465 g/mol. The highest BCUT2D eigenvalue weighted by molar-refractivity contribution is 7.80. The summed E-state index contributed by atoms with van der Waals surface area (Å²) in [4.78, 5) is 45.8. The normalized spacial score (nSPS) is 14.8. The smallest absolute Gasteiger partial charge is 0.322 e. The van der Waals surface area contributed by atoms with Gasteiger partial charge in [-0.05, 0) is 25.7 Å². The summed E-state index contributed by atoms with van der Waals surface area (Å²) in [7, 11) is 0. The van der Waals surface area contributed by atoms with Gasteiger partial charge < -0.3 is 31.1 Å². The molecule has 7 N–H and O–H groups in total. The van der Waals surface area contributed by atoms with Gasteiger partial charge in [0.2, 0.25) is 11.8 Å². The predicted octanol–water partition coefficient (Wildman–Crippen LogP) is -0.535. The molecule has 0 aliphatic heterocycles. The van der Waals surface area contributed by atoms with E-state index < -0.39 is 54.7 Å². The molecule has 4 atom stereocenters. The van der Waals surface area contributed by atoms with Crippen molar-refractivity contribution in [3.8, 4) is 0 Å². The van der Waals surface area contributed by atoms with E-state index in [1.807, 2.05) is 0 Å². The lowest BCUT2D eigenvalue weighted by atomic mass is 10.1. The van der Waals surface area contributed by atoms with Gasteiger partial charge in [-0.15, -0.1) is 0 Å². The minimum absolute atomic E-state index is 0.0723. The molecule has 0 spiro atoms. The summed E-state index contributed by atoms with van der Waals surface area (Å²) in [5.41, 5.74) is 0. The maximum Gasteiger partial charge on any atom is 0.322 e. The zero-order valence-electron chi connectivity index (χ0n) is 17.7. The van der Waals surface area contributed by atoms with Crippen molar-refractivity contribution in [3.63, 3.8) is 0 Å². The molecule has 0 fully saturated rings. The van der Waals surface area contributed by atoms with Crippen molar-refractivity contribution in [2.24, 2.45) is 0 Å². The molecule has 0 rings (SSSR count). The van der Waals surface area contributed by atoms with Crippen molar-refractivity contribution >= 4 is 36.4 Å². The molecule has 0 aliphatic rings. The molecule has 0 saturated heterocycles. The first-order chi connectivity index (χ1) is 14.6. The number of aliphatic hydroxyl groups excluding tert-OH is 2. The number of carboxylic acid groups (broad SMARTS) is 2. The molecular weight excluding hydrogens is 430 g/mol. The van der Waals surface area contributed by atoms with E-state index in [4.69, 9.17) is 5.11 Å². The van der Waals surface area contributed by atoms with Crippen LogP contribution in [0.1, 0.15) is 58.3 Å². The topological polar surface area (TPSA) is 185 Å². The highest BCUT2D eigenvalue weighted by Crippen LogP contribution is 2.10. The fraction of sp³-hybridized carbons (Fsp3) is 0.789. The third-order valence-electron chi connectivity index (χ3n) is 4.51. The molecule has 31 heavy (non-hydrogen) atoms. The van der Waals surface area contributed by atoms with Crippen LogP contribution in [-0.2, 0) is 19.2 Å². The van der Waals surface area contributed by atoms with E-state index in [1.54, 1.807) is 0 Å². The molecule has 0 heterocycles. The molecule has 0 aliphatic carbocycles. The van der Waals surface area contributed by atoms with Crippen molar-refractivity contribution in [2.75, 3.05) is 12.3 Å². The maximum atomic E-state index is 12.1. The van der Waals surface area contributed by atoms with Crippen molar-refractivity contribution < 1.29 is 39.6 Å². The largest absolute Gasteiger partial charge is 0.480 e. The molecule has 0 aromatic rings. The lowest BCUT2D eigenvalue weighted by Crippen LogP contribution is -2.49. The quantitative estimate of drug-likeness (QED) is 0.0748. The van der Waals surface area contributed by atoms with E-state index in [0.29, 0.717) is 12.8 Å². The summed E-state index contributed by atoms with van der Waals surface area (Å²) in [6.07, 6.45) is 1.92. The molecular formula is C19H35N3O8S. The average Bonchev–Trinajstić information content (AvgIpc) is 2.71. The van der Waals surface area contributed by atoms with Crippen molar-refractivity contribution in [3.05, 3.63) is 0 Å². The molecule has 0 aromatic carbocycles. The molecule has 0 bridgehead atoms. The Balaban J connectivity index is 4.44. The van der Waals surface area contributed by atoms with Crippen molar-refractivity contribution in [2.45, 2.75) is 82.7 Å². The summed E-state index contributed by atoms with van der Waals surface area (Å²) in [6.45, 7) is 1.45. The van der Waals surface area contributed by atoms with E-state index in [9.17, 15) is 34.5 Å². The summed E-state index contributed by atoms with van der Waals surface area (Å²) >= 11 is 3.94. The Kier molecular flexibility index (Phi) is 15.7.